The Morgan fingerprint density at radius 1 is 1.32 bits per heavy atom. The third-order valence-corrected chi connectivity index (χ3v) is 11.9. The Kier molecular flexibility index (Phi) is 4.40. The van der Waals surface area contributed by atoms with E-state index in [-0.39, 0.29) is 22.7 Å². The highest BCUT2D eigenvalue weighted by atomic mass is 28.4. The van der Waals surface area contributed by atoms with Gasteiger partial charge in [-0.15, -0.1) is 0 Å². The van der Waals surface area contributed by atoms with Gasteiger partial charge in [0.15, 0.2) is 5.78 Å². The van der Waals surface area contributed by atoms with Crippen LogP contribution in [0.4, 0.5) is 0 Å². The van der Waals surface area contributed by atoms with Crippen molar-refractivity contribution >= 4 is 14.1 Å². The van der Waals surface area contributed by atoms with Crippen molar-refractivity contribution < 1.29 is 14.3 Å². The van der Waals surface area contributed by atoms with Gasteiger partial charge in [0.05, 0.1) is 11.9 Å². The maximum absolute atomic E-state index is 13.1. The zero-order chi connectivity index (χ0) is 18.8. The first kappa shape index (κ1) is 18.9. The van der Waals surface area contributed by atoms with E-state index in [0.29, 0.717) is 6.42 Å². The monoisotopic (exact) mass is 362 g/mol. The van der Waals surface area contributed by atoms with Gasteiger partial charge in [-0.3, -0.25) is 4.79 Å². The lowest BCUT2D eigenvalue weighted by Gasteiger charge is -2.51. The highest BCUT2D eigenvalue weighted by Gasteiger charge is 2.57. The van der Waals surface area contributed by atoms with Crippen LogP contribution in [0, 0.1) is 17.3 Å². The minimum absolute atomic E-state index is 0.0599. The molecule has 0 aromatic carbocycles. The SMILES string of the molecule is CC1=C[C@H](O)[C@H]2CC(O[Si](C)(C)C(C)(C)C)=C3CCC[C@H]3[C@@]2(C)C1=O. The second kappa shape index (κ2) is 5.82. The minimum atomic E-state index is -1.93. The Hall–Kier alpha value is -0.873. The summed E-state index contributed by atoms with van der Waals surface area (Å²) in [7, 11) is -1.93. The maximum Gasteiger partial charge on any atom is 0.250 e. The fourth-order valence-corrected chi connectivity index (χ4v) is 6.02. The van der Waals surface area contributed by atoms with Crippen molar-refractivity contribution in [1.29, 1.82) is 0 Å². The molecule has 0 unspecified atom stereocenters. The molecule has 0 radical (unpaired) electrons. The lowest BCUT2D eigenvalue weighted by molar-refractivity contribution is -0.135. The van der Waals surface area contributed by atoms with E-state index >= 15 is 0 Å². The Morgan fingerprint density at radius 2 is 1.96 bits per heavy atom. The van der Waals surface area contributed by atoms with Crippen molar-refractivity contribution in [2.75, 3.05) is 0 Å². The van der Waals surface area contributed by atoms with Gasteiger partial charge in [0.2, 0.25) is 8.32 Å². The highest BCUT2D eigenvalue weighted by Crippen LogP contribution is 2.59. The zero-order valence-electron chi connectivity index (χ0n) is 16.9. The number of carbonyl (C=O) groups is 1. The highest BCUT2D eigenvalue weighted by molar-refractivity contribution is 6.74. The summed E-state index contributed by atoms with van der Waals surface area (Å²) in [6.07, 6.45) is 5.12. The third kappa shape index (κ3) is 2.76. The second-order valence-electron chi connectivity index (χ2n) is 10.0. The smallest absolute Gasteiger partial charge is 0.250 e. The van der Waals surface area contributed by atoms with E-state index in [1.807, 2.05) is 6.92 Å². The van der Waals surface area contributed by atoms with Gasteiger partial charge in [-0.05, 0) is 67.5 Å². The molecule has 0 bridgehead atoms. The first-order valence-corrected chi connectivity index (χ1v) is 12.6. The molecular formula is C21H34O3Si. The van der Waals surface area contributed by atoms with Crippen molar-refractivity contribution in [3.05, 3.63) is 23.0 Å². The van der Waals surface area contributed by atoms with Crippen molar-refractivity contribution in [2.24, 2.45) is 17.3 Å². The van der Waals surface area contributed by atoms with E-state index in [0.717, 1.165) is 30.6 Å². The molecule has 1 saturated carbocycles. The Balaban J connectivity index is 2.04. The van der Waals surface area contributed by atoms with Gasteiger partial charge in [-0.2, -0.15) is 0 Å². The molecule has 1 N–H and O–H groups in total. The van der Waals surface area contributed by atoms with Crippen molar-refractivity contribution in [2.45, 2.75) is 84.5 Å². The average molecular weight is 363 g/mol. The minimum Gasteiger partial charge on any atom is -0.547 e. The molecule has 3 nitrogen and oxygen atoms in total. The predicted molar refractivity (Wildman–Crippen MR) is 104 cm³/mol. The lowest BCUT2D eigenvalue weighted by Crippen LogP contribution is -2.53. The van der Waals surface area contributed by atoms with Crippen LogP contribution in [0.15, 0.2) is 23.0 Å². The average Bonchev–Trinajstić information content (AvgIpc) is 2.97. The van der Waals surface area contributed by atoms with Crippen LogP contribution in [0.2, 0.25) is 18.1 Å². The molecule has 3 aliphatic rings. The number of hydrogen-bond donors (Lipinski definition) is 1. The van der Waals surface area contributed by atoms with Gasteiger partial charge in [-0.25, -0.2) is 0 Å². The number of fused-ring (bicyclic) bond motifs is 3. The van der Waals surface area contributed by atoms with E-state index in [4.69, 9.17) is 4.43 Å². The lowest BCUT2D eigenvalue weighted by atomic mass is 9.54. The molecule has 3 aliphatic carbocycles. The molecule has 0 amide bonds. The Morgan fingerprint density at radius 3 is 2.56 bits per heavy atom. The summed E-state index contributed by atoms with van der Waals surface area (Å²) in [4.78, 5) is 13.1. The van der Waals surface area contributed by atoms with E-state index < -0.39 is 19.8 Å². The van der Waals surface area contributed by atoms with E-state index in [2.05, 4.69) is 40.8 Å². The molecule has 0 aromatic heterocycles. The number of aliphatic hydroxyl groups excluding tert-OH is 1. The van der Waals surface area contributed by atoms with Gasteiger partial charge in [0, 0.05) is 17.8 Å². The predicted octanol–water partition coefficient (Wildman–Crippen LogP) is 4.98. The fraction of sp³-hybridized carbons (Fsp3) is 0.762. The van der Waals surface area contributed by atoms with Gasteiger partial charge in [0.25, 0.3) is 0 Å². The van der Waals surface area contributed by atoms with Crippen LogP contribution in [-0.4, -0.2) is 25.3 Å². The summed E-state index contributed by atoms with van der Waals surface area (Å²) < 4.78 is 6.74. The van der Waals surface area contributed by atoms with Crippen LogP contribution in [0.25, 0.3) is 0 Å². The summed E-state index contributed by atoms with van der Waals surface area (Å²) in [6.45, 7) is 15.3. The number of Topliss-reactive ketones (excluding diaryl/α,β-unsaturated/α-hetero) is 1. The van der Waals surface area contributed by atoms with Gasteiger partial charge < -0.3 is 9.53 Å². The number of rotatable bonds is 2. The summed E-state index contributed by atoms with van der Waals surface area (Å²) in [5.41, 5.74) is 1.63. The molecule has 3 rings (SSSR count). The summed E-state index contributed by atoms with van der Waals surface area (Å²) in [5.74, 6) is 1.52. The number of hydrogen-bond acceptors (Lipinski definition) is 3. The van der Waals surface area contributed by atoms with E-state index in [9.17, 15) is 9.90 Å². The molecular weight excluding hydrogens is 328 g/mol. The second-order valence-corrected chi connectivity index (χ2v) is 14.7. The molecule has 4 atom stereocenters. The third-order valence-electron chi connectivity index (χ3n) is 7.48. The summed E-state index contributed by atoms with van der Waals surface area (Å²) in [6, 6.07) is 0. The first-order valence-electron chi connectivity index (χ1n) is 9.72. The Bertz CT molecular complexity index is 653. The first-order chi connectivity index (χ1) is 11.4. The van der Waals surface area contributed by atoms with Crippen molar-refractivity contribution in [3.8, 4) is 0 Å². The van der Waals surface area contributed by atoms with Gasteiger partial charge in [-0.1, -0.05) is 27.7 Å². The van der Waals surface area contributed by atoms with Crippen LogP contribution in [0.1, 0.15) is 60.3 Å². The molecule has 0 aliphatic heterocycles. The van der Waals surface area contributed by atoms with Crippen molar-refractivity contribution in [1.82, 2.24) is 0 Å². The fourth-order valence-electron chi connectivity index (χ4n) is 4.89. The molecule has 4 heteroatoms. The molecule has 1 fully saturated rings. The van der Waals surface area contributed by atoms with Crippen molar-refractivity contribution in [3.63, 3.8) is 0 Å². The number of carbonyl (C=O) groups excluding carboxylic acids is 1. The molecule has 0 aromatic rings. The largest absolute Gasteiger partial charge is 0.547 e. The topological polar surface area (TPSA) is 46.5 Å². The van der Waals surface area contributed by atoms with Crippen LogP contribution in [0.3, 0.4) is 0 Å². The molecule has 0 saturated heterocycles. The van der Waals surface area contributed by atoms with E-state index in [1.54, 1.807) is 6.08 Å². The maximum atomic E-state index is 13.1. The van der Waals surface area contributed by atoms with Gasteiger partial charge in [0.1, 0.15) is 0 Å². The van der Waals surface area contributed by atoms with E-state index in [1.165, 1.54) is 5.57 Å². The Labute approximate surface area is 153 Å². The number of allylic oxidation sites excluding steroid dienone is 3. The molecule has 25 heavy (non-hydrogen) atoms. The standard InChI is InChI=1S/C21H34O3Si/c1-13-11-17(22)16-12-18(24-25(6,7)20(2,3)4)14-9-8-10-15(14)21(16,5)19(13)23/h11,15-17,22H,8-10,12H2,1-7H3/t15-,16-,17+,21-/m1/s1. The summed E-state index contributed by atoms with van der Waals surface area (Å²) in [5, 5.41) is 10.9. The normalized spacial score (nSPS) is 36.1. The van der Waals surface area contributed by atoms with Gasteiger partial charge >= 0.3 is 0 Å². The number of aliphatic hydroxyl groups is 1. The number of ketones is 1. The van der Waals surface area contributed by atoms with Crippen LogP contribution in [0.5, 0.6) is 0 Å². The van der Waals surface area contributed by atoms with Crippen LogP contribution >= 0.6 is 0 Å². The van der Waals surface area contributed by atoms with Crippen LogP contribution in [-0.2, 0) is 9.22 Å². The summed E-state index contributed by atoms with van der Waals surface area (Å²) >= 11 is 0. The molecule has 0 spiro atoms. The zero-order valence-corrected chi connectivity index (χ0v) is 17.9. The quantitative estimate of drug-likeness (QED) is 0.705. The molecule has 140 valence electrons. The molecule has 0 heterocycles. The van der Waals surface area contributed by atoms with Crippen LogP contribution < -0.4 is 0 Å².